The van der Waals surface area contributed by atoms with Gasteiger partial charge in [0.2, 0.25) is 5.88 Å². The number of benzene rings is 1. The van der Waals surface area contributed by atoms with Gasteiger partial charge < -0.3 is 24.3 Å². The molecular weight excluding hydrogens is 497 g/mol. The van der Waals surface area contributed by atoms with Crippen LogP contribution < -0.4 is 10.1 Å². The number of nitrogens with one attached hydrogen (secondary N) is 1. The Kier molecular flexibility index (Phi) is 10.0. The largest absolute Gasteiger partial charge is 0.481 e. The molecule has 208 valence electrons. The van der Waals surface area contributed by atoms with E-state index >= 15 is 0 Å². The molecule has 2 atom stereocenters. The molecule has 38 heavy (non-hydrogen) atoms. The zero-order chi connectivity index (χ0) is 28.7. The van der Waals surface area contributed by atoms with Crippen LogP contribution in [0.3, 0.4) is 0 Å². The fraction of sp³-hybridized carbons (Fsp3) is 0.481. The predicted molar refractivity (Wildman–Crippen MR) is 138 cm³/mol. The van der Waals surface area contributed by atoms with Crippen LogP contribution in [-0.2, 0) is 19.0 Å². The van der Waals surface area contributed by atoms with Gasteiger partial charge in [-0.05, 0) is 71.4 Å². The van der Waals surface area contributed by atoms with E-state index < -0.39 is 47.3 Å². The highest BCUT2D eigenvalue weighted by molar-refractivity contribution is 5.94. The second-order valence-electron chi connectivity index (χ2n) is 10.4. The number of hydrogen-bond donors (Lipinski definition) is 1. The number of carbonyl (C=O) groups excluding carboxylic acids is 3. The Balaban J connectivity index is 2.56. The Morgan fingerprint density at radius 3 is 1.89 bits per heavy atom. The second kappa shape index (κ2) is 12.6. The number of amides is 2. The summed E-state index contributed by atoms with van der Waals surface area (Å²) in [4.78, 5) is 44.4. The van der Waals surface area contributed by atoms with Crippen molar-refractivity contribution in [1.29, 1.82) is 0 Å². The highest BCUT2D eigenvalue weighted by Gasteiger charge is 2.42. The van der Waals surface area contributed by atoms with E-state index in [1.54, 1.807) is 53.7 Å². The van der Waals surface area contributed by atoms with E-state index in [4.69, 9.17) is 18.9 Å². The number of carbonyl (C=O) groups is 3. The number of imide groups is 1. The van der Waals surface area contributed by atoms with E-state index in [1.165, 1.54) is 37.6 Å². The average molecular weight is 534 g/mol. The van der Waals surface area contributed by atoms with Crippen molar-refractivity contribution in [3.63, 3.8) is 0 Å². The Hall–Kier alpha value is -3.89. The normalized spacial score (nSPS) is 13.1. The Labute approximate surface area is 222 Å². The standard InChI is InChI=1S/C27H36FN3O7/c1-26(2,3)37-24(33)31(25(34)38-27(4,5)6)21(23(32)36-8)15-20(17-9-14-22(35-7)29-16-17)30-19-12-10-18(28)11-13-19/h9-14,16,20-21,30H,15H2,1-8H3/t20-,21+/m1/s1. The second-order valence-corrected chi connectivity index (χ2v) is 10.4. The van der Waals surface area contributed by atoms with Crippen LogP contribution in [-0.4, -0.2) is 59.5 Å². The number of pyridine rings is 1. The lowest BCUT2D eigenvalue weighted by Crippen LogP contribution is -2.53. The third kappa shape index (κ3) is 9.20. The predicted octanol–water partition coefficient (Wildman–Crippen LogP) is 5.49. The average Bonchev–Trinajstić information content (AvgIpc) is 2.81. The van der Waals surface area contributed by atoms with Crippen LogP contribution in [0.15, 0.2) is 42.6 Å². The summed E-state index contributed by atoms with van der Waals surface area (Å²) in [6.07, 6.45) is -0.776. The maximum atomic E-state index is 13.5. The minimum absolute atomic E-state index is 0.156. The van der Waals surface area contributed by atoms with Gasteiger partial charge in [0, 0.05) is 24.4 Å². The molecule has 0 aliphatic heterocycles. The zero-order valence-electron chi connectivity index (χ0n) is 23.0. The van der Waals surface area contributed by atoms with Crippen molar-refractivity contribution in [2.24, 2.45) is 0 Å². The molecule has 2 amide bonds. The molecule has 0 radical (unpaired) electrons. The Morgan fingerprint density at radius 1 is 0.921 bits per heavy atom. The van der Waals surface area contributed by atoms with Gasteiger partial charge in [-0.25, -0.2) is 23.8 Å². The van der Waals surface area contributed by atoms with Crippen LogP contribution in [0.25, 0.3) is 0 Å². The zero-order valence-corrected chi connectivity index (χ0v) is 23.0. The Bertz CT molecular complexity index is 1070. The molecule has 1 aromatic heterocycles. The lowest BCUT2D eigenvalue weighted by Gasteiger charge is -2.34. The van der Waals surface area contributed by atoms with Gasteiger partial charge in [-0.15, -0.1) is 0 Å². The van der Waals surface area contributed by atoms with E-state index in [0.29, 0.717) is 22.0 Å². The molecule has 0 unspecified atom stereocenters. The minimum atomic E-state index is -1.45. The number of methoxy groups -OCH3 is 2. The molecule has 2 aromatic rings. The molecule has 0 aliphatic carbocycles. The van der Waals surface area contributed by atoms with Gasteiger partial charge in [0.05, 0.1) is 20.3 Å². The van der Waals surface area contributed by atoms with Gasteiger partial charge in [0.1, 0.15) is 23.1 Å². The number of rotatable bonds is 8. The molecule has 11 heteroatoms. The van der Waals surface area contributed by atoms with Gasteiger partial charge >= 0.3 is 18.2 Å². The third-order valence-electron chi connectivity index (χ3n) is 4.98. The summed E-state index contributed by atoms with van der Waals surface area (Å²) in [6, 6.07) is 6.78. The molecule has 0 fully saturated rings. The lowest BCUT2D eigenvalue weighted by atomic mass is 9.99. The molecule has 1 aromatic carbocycles. The van der Waals surface area contributed by atoms with Gasteiger partial charge in [-0.1, -0.05) is 6.07 Å². The van der Waals surface area contributed by atoms with E-state index in [-0.39, 0.29) is 6.42 Å². The first-order valence-electron chi connectivity index (χ1n) is 12.0. The van der Waals surface area contributed by atoms with Gasteiger partial charge in [0.25, 0.3) is 0 Å². The SMILES string of the molecule is COC(=O)[C@H](C[C@@H](Nc1ccc(F)cc1)c1ccc(OC)nc1)N(C(=O)OC(C)(C)C)C(=O)OC(C)(C)C. The highest BCUT2D eigenvalue weighted by Crippen LogP contribution is 2.29. The number of esters is 1. The smallest absolute Gasteiger partial charge is 0.420 e. The van der Waals surface area contributed by atoms with E-state index in [1.807, 2.05) is 0 Å². The van der Waals surface area contributed by atoms with Crippen molar-refractivity contribution in [3.05, 3.63) is 54.0 Å². The van der Waals surface area contributed by atoms with E-state index in [0.717, 1.165) is 7.11 Å². The van der Waals surface area contributed by atoms with Crippen molar-refractivity contribution in [2.45, 2.75) is 71.2 Å². The quantitative estimate of drug-likeness (QED) is 0.347. The number of aromatic nitrogens is 1. The fourth-order valence-electron chi connectivity index (χ4n) is 3.36. The first kappa shape index (κ1) is 30.3. The maximum Gasteiger partial charge on any atom is 0.420 e. The first-order chi connectivity index (χ1) is 17.6. The van der Waals surface area contributed by atoms with Crippen molar-refractivity contribution in [3.8, 4) is 5.88 Å². The van der Waals surface area contributed by atoms with Crippen molar-refractivity contribution < 1.29 is 37.7 Å². The summed E-state index contributed by atoms with van der Waals surface area (Å²) >= 11 is 0. The van der Waals surface area contributed by atoms with Crippen LogP contribution in [0, 0.1) is 5.82 Å². The van der Waals surface area contributed by atoms with Crippen LogP contribution in [0.2, 0.25) is 0 Å². The molecular formula is C27H36FN3O7. The van der Waals surface area contributed by atoms with Gasteiger partial charge in [-0.2, -0.15) is 4.90 Å². The topological polar surface area (TPSA) is 116 Å². The highest BCUT2D eigenvalue weighted by atomic mass is 19.1. The number of nitrogens with zero attached hydrogens (tertiary/aromatic N) is 2. The monoisotopic (exact) mass is 533 g/mol. The molecule has 1 N–H and O–H groups in total. The number of hydrogen-bond acceptors (Lipinski definition) is 9. The third-order valence-corrected chi connectivity index (χ3v) is 4.98. The molecule has 1 heterocycles. The first-order valence-corrected chi connectivity index (χ1v) is 12.0. The van der Waals surface area contributed by atoms with Crippen LogP contribution in [0.5, 0.6) is 5.88 Å². The fourth-order valence-corrected chi connectivity index (χ4v) is 3.36. The number of ether oxygens (including phenoxy) is 4. The lowest BCUT2D eigenvalue weighted by molar-refractivity contribution is -0.147. The van der Waals surface area contributed by atoms with Crippen molar-refractivity contribution >= 4 is 23.8 Å². The van der Waals surface area contributed by atoms with E-state index in [2.05, 4.69) is 10.3 Å². The number of halogens is 1. The molecule has 2 rings (SSSR count). The summed E-state index contributed by atoms with van der Waals surface area (Å²) in [7, 11) is 2.62. The summed E-state index contributed by atoms with van der Waals surface area (Å²) in [5.74, 6) is -0.927. The summed E-state index contributed by atoms with van der Waals surface area (Å²) < 4.78 is 34.5. The summed E-state index contributed by atoms with van der Waals surface area (Å²) in [5, 5.41) is 3.21. The Morgan fingerprint density at radius 2 is 1.47 bits per heavy atom. The van der Waals surface area contributed by atoms with Gasteiger partial charge in [-0.3, -0.25) is 0 Å². The molecule has 0 saturated carbocycles. The van der Waals surface area contributed by atoms with Crippen LogP contribution >= 0.6 is 0 Å². The van der Waals surface area contributed by atoms with Crippen LogP contribution in [0.1, 0.15) is 59.6 Å². The molecule has 0 bridgehead atoms. The minimum Gasteiger partial charge on any atom is -0.481 e. The van der Waals surface area contributed by atoms with Crippen molar-refractivity contribution in [2.75, 3.05) is 19.5 Å². The molecule has 0 aliphatic rings. The molecule has 10 nitrogen and oxygen atoms in total. The van der Waals surface area contributed by atoms with Gasteiger partial charge in [0.15, 0.2) is 0 Å². The number of anilines is 1. The molecule has 0 saturated heterocycles. The maximum absolute atomic E-state index is 13.5. The molecule has 0 spiro atoms. The summed E-state index contributed by atoms with van der Waals surface area (Å²) in [6.45, 7) is 9.79. The van der Waals surface area contributed by atoms with Crippen molar-refractivity contribution in [1.82, 2.24) is 9.88 Å². The summed E-state index contributed by atoms with van der Waals surface area (Å²) in [5.41, 5.74) is -0.817. The van der Waals surface area contributed by atoms with Crippen LogP contribution in [0.4, 0.5) is 19.7 Å². The van der Waals surface area contributed by atoms with E-state index in [9.17, 15) is 18.8 Å².